The highest BCUT2D eigenvalue weighted by atomic mass is 16.6. The van der Waals surface area contributed by atoms with Gasteiger partial charge in [-0.25, -0.2) is 9.59 Å². The van der Waals surface area contributed by atoms with Crippen molar-refractivity contribution in [3.63, 3.8) is 0 Å². The van der Waals surface area contributed by atoms with Crippen molar-refractivity contribution in [2.75, 3.05) is 54.9 Å². The summed E-state index contributed by atoms with van der Waals surface area (Å²) in [5.41, 5.74) is 0.204. The SMILES string of the molecule is C=C1CC[C@H]2[C@](C)(COC(=O)[C@@H](CC(=O)O)[C@@H](OC[C@H]3C(=C)CCC4[C@](C)(CO)CCC[C@@]43C)C(=O)OC)CCC[C@]2(C)[C@H]1CO[C@@H](C(=O)OC)[C@H](CC(=O)OC)C(=O)OC. The number of carboxylic acids is 1. The number of carbonyl (C=O) groups excluding carboxylic acids is 5. The van der Waals surface area contributed by atoms with Gasteiger partial charge in [0.1, 0.15) is 11.8 Å². The number of esters is 5. The minimum absolute atomic E-state index is 0.0158. The van der Waals surface area contributed by atoms with Crippen molar-refractivity contribution in [2.24, 2.45) is 57.2 Å². The van der Waals surface area contributed by atoms with E-state index in [2.05, 4.69) is 33.9 Å². The Morgan fingerprint density at radius 2 is 1.08 bits per heavy atom. The van der Waals surface area contributed by atoms with E-state index in [0.29, 0.717) is 19.3 Å². The Kier molecular flexibility index (Phi) is 16.8. The number of carboxylic acid groups (broad SMARTS) is 1. The molecule has 0 bridgehead atoms. The van der Waals surface area contributed by atoms with Crippen LogP contribution in [0.1, 0.15) is 105 Å². The van der Waals surface area contributed by atoms with Crippen LogP contribution in [0.25, 0.3) is 0 Å². The lowest BCUT2D eigenvalue weighted by atomic mass is 9.47. The molecule has 12 atom stereocenters. The Morgan fingerprint density at radius 1 is 0.639 bits per heavy atom. The fourth-order valence-electron chi connectivity index (χ4n) is 12.0. The number of aliphatic carboxylic acids is 1. The zero-order chi connectivity index (χ0) is 45.5. The molecule has 0 amide bonds. The average molecular weight is 863 g/mol. The summed E-state index contributed by atoms with van der Waals surface area (Å²) in [4.78, 5) is 77.9. The second-order valence-electron chi connectivity index (χ2n) is 19.1. The van der Waals surface area contributed by atoms with Crippen LogP contribution < -0.4 is 0 Å². The predicted octanol–water partition coefficient (Wildman–Crippen LogP) is 5.64. The molecule has 4 fully saturated rings. The van der Waals surface area contributed by atoms with Gasteiger partial charge in [-0.2, -0.15) is 0 Å². The summed E-state index contributed by atoms with van der Waals surface area (Å²) < 4.78 is 38.3. The maximum Gasteiger partial charge on any atom is 0.335 e. The van der Waals surface area contributed by atoms with E-state index < -0.39 is 83.5 Å². The molecule has 15 heteroatoms. The van der Waals surface area contributed by atoms with Crippen molar-refractivity contribution in [1.29, 1.82) is 0 Å². The van der Waals surface area contributed by atoms with Gasteiger partial charge in [0.15, 0.2) is 12.2 Å². The number of hydrogen-bond acceptors (Lipinski definition) is 14. The summed E-state index contributed by atoms with van der Waals surface area (Å²) in [6, 6.07) is 0. The lowest BCUT2D eigenvalue weighted by molar-refractivity contribution is -0.181. The first-order valence-corrected chi connectivity index (χ1v) is 21.6. The number of fused-ring (bicyclic) bond motifs is 2. The number of hydrogen-bond donors (Lipinski definition) is 2. The molecule has 2 N–H and O–H groups in total. The number of carbonyl (C=O) groups is 6. The summed E-state index contributed by atoms with van der Waals surface area (Å²) in [6.45, 7) is 17.1. The summed E-state index contributed by atoms with van der Waals surface area (Å²) >= 11 is 0. The lowest BCUT2D eigenvalue weighted by Gasteiger charge is -2.58. The minimum atomic E-state index is -1.56. The molecule has 0 saturated heterocycles. The van der Waals surface area contributed by atoms with Gasteiger partial charge in [-0.15, -0.1) is 0 Å². The lowest BCUT2D eigenvalue weighted by Crippen LogP contribution is -2.54. The van der Waals surface area contributed by atoms with Crippen LogP contribution in [0.2, 0.25) is 0 Å². The molecular weight excluding hydrogens is 792 g/mol. The van der Waals surface area contributed by atoms with E-state index >= 15 is 0 Å². The van der Waals surface area contributed by atoms with Gasteiger partial charge in [-0.05, 0) is 79.4 Å². The molecule has 0 heterocycles. The Balaban J connectivity index is 1.55. The molecule has 0 aromatic rings. The van der Waals surface area contributed by atoms with Gasteiger partial charge in [-0.1, -0.05) is 64.8 Å². The molecule has 4 rings (SSSR count). The van der Waals surface area contributed by atoms with E-state index in [1.165, 1.54) is 7.11 Å². The highest BCUT2D eigenvalue weighted by Crippen LogP contribution is 2.62. The molecule has 4 aliphatic rings. The Morgan fingerprint density at radius 3 is 1.51 bits per heavy atom. The molecule has 4 aliphatic carbocycles. The number of rotatable bonds is 19. The van der Waals surface area contributed by atoms with E-state index in [9.17, 15) is 39.0 Å². The van der Waals surface area contributed by atoms with E-state index in [0.717, 1.165) is 77.4 Å². The van der Waals surface area contributed by atoms with Crippen LogP contribution >= 0.6 is 0 Å². The monoisotopic (exact) mass is 862 g/mol. The second kappa shape index (κ2) is 20.6. The summed E-state index contributed by atoms with van der Waals surface area (Å²) in [7, 11) is 4.63. The first-order valence-electron chi connectivity index (χ1n) is 21.6. The molecule has 0 radical (unpaired) electrons. The molecule has 0 spiro atoms. The Hall–Kier alpha value is -3.82. The average Bonchev–Trinajstić information content (AvgIpc) is 3.22. The fraction of sp³-hybridized carbons (Fsp3) is 0.783. The normalized spacial score (nSPS) is 33.1. The van der Waals surface area contributed by atoms with Gasteiger partial charge in [0, 0.05) is 23.9 Å². The largest absolute Gasteiger partial charge is 0.481 e. The molecule has 61 heavy (non-hydrogen) atoms. The number of aliphatic hydroxyl groups excluding tert-OH is 1. The third-order valence-corrected chi connectivity index (χ3v) is 15.5. The van der Waals surface area contributed by atoms with Crippen LogP contribution in [-0.4, -0.2) is 113 Å². The molecule has 0 aliphatic heterocycles. The second-order valence-corrected chi connectivity index (χ2v) is 19.1. The van der Waals surface area contributed by atoms with Gasteiger partial charge < -0.3 is 43.4 Å². The van der Waals surface area contributed by atoms with Crippen LogP contribution in [-0.2, 0) is 61.9 Å². The number of ether oxygens (including phenoxy) is 7. The molecule has 15 nitrogen and oxygen atoms in total. The molecule has 344 valence electrons. The molecule has 1 unspecified atom stereocenters. The van der Waals surface area contributed by atoms with Crippen LogP contribution in [0.15, 0.2) is 24.3 Å². The summed E-state index contributed by atoms with van der Waals surface area (Å²) in [5, 5.41) is 20.4. The van der Waals surface area contributed by atoms with Crippen molar-refractivity contribution in [3.8, 4) is 0 Å². The first kappa shape index (κ1) is 49.8. The standard InChI is InChI=1S/C46H70O15/c1-27-13-15-33-43(3,25-47)17-11-19-45(33,5)31(27)23-59-37(41(53)57-9)29(21-35(48)49)40(52)61-26-44(4)18-12-20-46(6)32(28(2)14-16-34(44)46)24-60-38(42(54)58-10)30(39(51)56-8)22-36(50)55-7/h29-34,37-38,47H,1-2,11-26H2,3-10H3,(H,48,49)/t29-,30-,31-,32-,33?,34-,37+,38+,43-,44-,45+,46+/m0/s1. The van der Waals surface area contributed by atoms with E-state index in [1.54, 1.807) is 0 Å². The highest BCUT2D eigenvalue weighted by molar-refractivity contribution is 5.88. The molecule has 4 saturated carbocycles. The third kappa shape index (κ3) is 10.5. The Labute approximate surface area is 360 Å². The van der Waals surface area contributed by atoms with Crippen molar-refractivity contribution in [3.05, 3.63) is 24.3 Å². The topological polar surface area (TPSA) is 207 Å². The molecular formula is C46H70O15. The number of aliphatic hydroxyl groups is 1. The van der Waals surface area contributed by atoms with Crippen molar-refractivity contribution >= 4 is 35.8 Å². The minimum Gasteiger partial charge on any atom is -0.481 e. The maximum absolute atomic E-state index is 14.2. The van der Waals surface area contributed by atoms with Gasteiger partial charge in [0.2, 0.25) is 0 Å². The molecule has 0 aromatic carbocycles. The maximum atomic E-state index is 14.2. The Bertz CT molecular complexity index is 1660. The zero-order valence-corrected chi connectivity index (χ0v) is 37.5. The zero-order valence-electron chi connectivity index (χ0n) is 37.5. The fourth-order valence-corrected chi connectivity index (χ4v) is 12.0. The van der Waals surface area contributed by atoms with Gasteiger partial charge in [0.05, 0.1) is 61.1 Å². The summed E-state index contributed by atoms with van der Waals surface area (Å²) in [6.07, 6.45) is 3.54. The van der Waals surface area contributed by atoms with Gasteiger partial charge in [-0.3, -0.25) is 19.2 Å². The third-order valence-electron chi connectivity index (χ3n) is 15.5. The van der Waals surface area contributed by atoms with Crippen LogP contribution in [0.5, 0.6) is 0 Å². The van der Waals surface area contributed by atoms with Crippen LogP contribution in [0.3, 0.4) is 0 Å². The smallest absolute Gasteiger partial charge is 0.335 e. The van der Waals surface area contributed by atoms with Gasteiger partial charge >= 0.3 is 35.8 Å². The highest BCUT2D eigenvalue weighted by Gasteiger charge is 2.57. The van der Waals surface area contributed by atoms with Crippen molar-refractivity contribution < 1.29 is 72.1 Å². The van der Waals surface area contributed by atoms with Crippen molar-refractivity contribution in [1.82, 2.24) is 0 Å². The first-order chi connectivity index (χ1) is 28.7. The predicted molar refractivity (Wildman–Crippen MR) is 220 cm³/mol. The van der Waals surface area contributed by atoms with Crippen LogP contribution in [0, 0.1) is 57.2 Å². The van der Waals surface area contributed by atoms with Crippen LogP contribution in [0.4, 0.5) is 0 Å². The molecule has 0 aromatic heterocycles. The summed E-state index contributed by atoms with van der Waals surface area (Å²) in [5.74, 6) is -8.72. The van der Waals surface area contributed by atoms with Gasteiger partial charge in [0.25, 0.3) is 0 Å². The van der Waals surface area contributed by atoms with Crippen molar-refractivity contribution in [2.45, 2.75) is 117 Å². The quantitative estimate of drug-likeness (QED) is 0.0916. The number of methoxy groups -OCH3 is 4. The van der Waals surface area contributed by atoms with E-state index in [1.807, 2.05) is 6.92 Å². The van der Waals surface area contributed by atoms with E-state index in [-0.39, 0.29) is 60.9 Å². The van der Waals surface area contributed by atoms with E-state index in [4.69, 9.17) is 33.2 Å².